The van der Waals surface area contributed by atoms with Crippen LogP contribution in [0.1, 0.15) is 52.3 Å². The first-order valence-corrected chi connectivity index (χ1v) is 9.03. The van der Waals surface area contributed by atoms with Crippen LogP contribution in [0.5, 0.6) is 5.75 Å². The second-order valence-corrected chi connectivity index (χ2v) is 7.41. The molecule has 1 aromatic carbocycles. The van der Waals surface area contributed by atoms with Crippen molar-refractivity contribution in [1.82, 2.24) is 5.32 Å². The third-order valence-corrected chi connectivity index (χ3v) is 5.17. The molecule has 0 saturated heterocycles. The van der Waals surface area contributed by atoms with Gasteiger partial charge in [0.2, 0.25) is 0 Å². The van der Waals surface area contributed by atoms with Gasteiger partial charge in [0.1, 0.15) is 5.76 Å². The van der Waals surface area contributed by atoms with Crippen molar-refractivity contribution in [2.75, 3.05) is 13.2 Å². The summed E-state index contributed by atoms with van der Waals surface area (Å²) >= 11 is 0. The second-order valence-electron chi connectivity index (χ2n) is 7.41. The number of para-hydroxylation sites is 1. The number of hydrogen-bond acceptors (Lipinski definition) is 4. The maximum Gasteiger partial charge on any atom is 0.176 e. The van der Waals surface area contributed by atoms with E-state index in [1.807, 2.05) is 25.1 Å². The number of fused-ring (bicyclic) bond motifs is 1. The van der Waals surface area contributed by atoms with E-state index in [4.69, 9.17) is 9.15 Å². The molecule has 3 rings (SSSR count). The molecule has 0 amide bonds. The molecular formula is C20H29NO3. The Morgan fingerprint density at radius 1 is 1.29 bits per heavy atom. The lowest BCUT2D eigenvalue weighted by atomic mass is 9.90. The van der Waals surface area contributed by atoms with Crippen molar-refractivity contribution >= 4 is 11.0 Å². The number of nitrogens with one attached hydrogen (secondary N) is 1. The molecule has 0 spiro atoms. The van der Waals surface area contributed by atoms with E-state index in [9.17, 15) is 5.11 Å². The van der Waals surface area contributed by atoms with Crippen LogP contribution in [-0.2, 0) is 0 Å². The topological polar surface area (TPSA) is 54.6 Å². The van der Waals surface area contributed by atoms with E-state index in [1.165, 1.54) is 0 Å². The number of furan rings is 1. The summed E-state index contributed by atoms with van der Waals surface area (Å²) in [5.74, 6) is 2.00. The van der Waals surface area contributed by atoms with E-state index in [0.717, 1.165) is 41.9 Å². The standard InChI is InChI=1S/C20H29NO3/c1-5-23-16-8-6-7-15-11-17(24-18(15)16)14(4)21-12-20(9-10-20)19(22)13(2)3/h6-8,11,13-14,19,21-22H,5,9-10,12H2,1-4H3/t14-,19-/m0/s1. The van der Waals surface area contributed by atoms with E-state index < -0.39 is 0 Å². The zero-order valence-corrected chi connectivity index (χ0v) is 15.1. The molecule has 0 radical (unpaired) electrons. The van der Waals surface area contributed by atoms with Crippen LogP contribution >= 0.6 is 0 Å². The van der Waals surface area contributed by atoms with Crippen molar-refractivity contribution in [3.63, 3.8) is 0 Å². The van der Waals surface area contributed by atoms with Gasteiger partial charge >= 0.3 is 0 Å². The highest BCUT2D eigenvalue weighted by atomic mass is 16.5. The fraction of sp³-hybridized carbons (Fsp3) is 0.600. The van der Waals surface area contributed by atoms with Crippen LogP contribution in [0.25, 0.3) is 11.0 Å². The summed E-state index contributed by atoms with van der Waals surface area (Å²) < 4.78 is 11.7. The van der Waals surface area contributed by atoms with Crippen LogP contribution < -0.4 is 10.1 Å². The van der Waals surface area contributed by atoms with Crippen LogP contribution in [0.4, 0.5) is 0 Å². The van der Waals surface area contributed by atoms with Crippen LogP contribution in [0.15, 0.2) is 28.7 Å². The summed E-state index contributed by atoms with van der Waals surface area (Å²) in [4.78, 5) is 0. The van der Waals surface area contributed by atoms with E-state index in [2.05, 4.69) is 32.2 Å². The van der Waals surface area contributed by atoms with Gasteiger partial charge in [0.05, 0.1) is 18.8 Å². The molecule has 1 aromatic heterocycles. The molecule has 1 fully saturated rings. The highest BCUT2D eigenvalue weighted by molar-refractivity contribution is 5.83. The Morgan fingerprint density at radius 2 is 2.04 bits per heavy atom. The van der Waals surface area contributed by atoms with Crippen LogP contribution in [0, 0.1) is 11.3 Å². The van der Waals surface area contributed by atoms with Gasteiger partial charge in [-0.2, -0.15) is 0 Å². The minimum absolute atomic E-state index is 0.0466. The van der Waals surface area contributed by atoms with Crippen LogP contribution in [0.3, 0.4) is 0 Å². The van der Waals surface area contributed by atoms with Crippen LogP contribution in [-0.4, -0.2) is 24.4 Å². The Kier molecular flexibility index (Phi) is 4.88. The normalized spacial score (nSPS) is 18.8. The number of benzene rings is 1. The first kappa shape index (κ1) is 17.3. The Bertz CT molecular complexity index is 687. The third kappa shape index (κ3) is 3.31. The minimum Gasteiger partial charge on any atom is -0.490 e. The molecule has 2 aromatic rings. The third-order valence-electron chi connectivity index (χ3n) is 5.17. The second kappa shape index (κ2) is 6.77. The smallest absolute Gasteiger partial charge is 0.176 e. The number of aliphatic hydroxyl groups excluding tert-OH is 1. The quantitative estimate of drug-likeness (QED) is 0.758. The Labute approximate surface area is 144 Å². The lowest BCUT2D eigenvalue weighted by Gasteiger charge is -2.27. The summed E-state index contributed by atoms with van der Waals surface area (Å²) in [6.45, 7) is 9.70. The molecule has 2 atom stereocenters. The molecule has 4 nitrogen and oxygen atoms in total. The molecule has 132 valence electrons. The summed E-state index contributed by atoms with van der Waals surface area (Å²) in [5, 5.41) is 15.0. The zero-order valence-electron chi connectivity index (χ0n) is 15.1. The molecule has 2 N–H and O–H groups in total. The molecular weight excluding hydrogens is 302 g/mol. The van der Waals surface area contributed by atoms with Crippen molar-refractivity contribution in [1.29, 1.82) is 0 Å². The van der Waals surface area contributed by atoms with Gasteiger partial charge in [0.25, 0.3) is 0 Å². The van der Waals surface area contributed by atoms with E-state index in [1.54, 1.807) is 0 Å². The fourth-order valence-electron chi connectivity index (χ4n) is 3.44. The molecule has 4 heteroatoms. The van der Waals surface area contributed by atoms with Gasteiger partial charge in [-0.3, -0.25) is 0 Å². The van der Waals surface area contributed by atoms with Crippen LogP contribution in [0.2, 0.25) is 0 Å². The average Bonchev–Trinajstić information content (AvgIpc) is 3.22. The van der Waals surface area contributed by atoms with Crippen molar-refractivity contribution < 1.29 is 14.3 Å². The molecule has 0 aliphatic heterocycles. The predicted molar refractivity (Wildman–Crippen MR) is 96.3 cm³/mol. The van der Waals surface area contributed by atoms with Gasteiger partial charge in [-0.15, -0.1) is 0 Å². The van der Waals surface area contributed by atoms with Crippen molar-refractivity contribution in [2.24, 2.45) is 11.3 Å². The summed E-state index contributed by atoms with van der Waals surface area (Å²) in [5.41, 5.74) is 0.858. The molecule has 1 aliphatic carbocycles. The van der Waals surface area contributed by atoms with Crippen molar-refractivity contribution in [2.45, 2.75) is 52.7 Å². The molecule has 0 unspecified atom stereocenters. The maximum atomic E-state index is 10.4. The zero-order chi connectivity index (χ0) is 17.3. The highest BCUT2D eigenvalue weighted by Gasteiger charge is 2.49. The minimum atomic E-state index is -0.238. The maximum absolute atomic E-state index is 10.4. The van der Waals surface area contributed by atoms with E-state index >= 15 is 0 Å². The Hall–Kier alpha value is -1.52. The molecule has 0 bridgehead atoms. The Balaban J connectivity index is 1.70. The monoisotopic (exact) mass is 331 g/mol. The molecule has 1 saturated carbocycles. The van der Waals surface area contributed by atoms with Crippen molar-refractivity contribution in [3.05, 3.63) is 30.0 Å². The number of hydrogen-bond donors (Lipinski definition) is 2. The average molecular weight is 331 g/mol. The SMILES string of the molecule is CCOc1cccc2cc([C@H](C)NCC3([C@@H](O)C(C)C)CC3)oc12. The summed E-state index contributed by atoms with van der Waals surface area (Å²) in [6, 6.07) is 8.15. The van der Waals surface area contributed by atoms with Gasteiger partial charge in [0.15, 0.2) is 11.3 Å². The van der Waals surface area contributed by atoms with Gasteiger partial charge in [-0.25, -0.2) is 0 Å². The van der Waals surface area contributed by atoms with Gasteiger partial charge < -0.3 is 19.6 Å². The first-order chi connectivity index (χ1) is 11.5. The number of aliphatic hydroxyl groups is 1. The summed E-state index contributed by atoms with van der Waals surface area (Å²) in [6.07, 6.45) is 1.96. The van der Waals surface area contributed by atoms with E-state index in [-0.39, 0.29) is 17.6 Å². The first-order valence-electron chi connectivity index (χ1n) is 9.03. The number of rotatable bonds is 8. The fourth-order valence-corrected chi connectivity index (χ4v) is 3.44. The predicted octanol–water partition coefficient (Wildman–Crippen LogP) is 4.28. The van der Waals surface area contributed by atoms with Gasteiger partial charge in [0, 0.05) is 17.3 Å². The van der Waals surface area contributed by atoms with Gasteiger partial charge in [-0.1, -0.05) is 26.0 Å². The molecule has 1 heterocycles. The Morgan fingerprint density at radius 3 is 2.67 bits per heavy atom. The number of ether oxygens (including phenoxy) is 1. The lowest BCUT2D eigenvalue weighted by molar-refractivity contribution is 0.0488. The largest absolute Gasteiger partial charge is 0.490 e. The van der Waals surface area contributed by atoms with Gasteiger partial charge in [-0.05, 0) is 44.7 Å². The lowest BCUT2D eigenvalue weighted by Crippen LogP contribution is -2.37. The van der Waals surface area contributed by atoms with Crippen molar-refractivity contribution in [3.8, 4) is 5.75 Å². The molecule has 1 aliphatic rings. The summed E-state index contributed by atoms with van der Waals surface area (Å²) in [7, 11) is 0. The highest BCUT2D eigenvalue weighted by Crippen LogP contribution is 2.50. The molecule has 24 heavy (non-hydrogen) atoms. The van der Waals surface area contributed by atoms with E-state index in [0.29, 0.717) is 12.5 Å².